The Morgan fingerprint density at radius 3 is 2.00 bits per heavy atom. The van der Waals surface area contributed by atoms with Crippen molar-refractivity contribution in [1.82, 2.24) is 0 Å². The first-order valence-corrected chi connectivity index (χ1v) is 7.82. The van der Waals surface area contributed by atoms with E-state index in [1.54, 1.807) is 0 Å². The van der Waals surface area contributed by atoms with E-state index in [0.29, 0.717) is 0 Å². The lowest BCUT2D eigenvalue weighted by Gasteiger charge is -2.54. The molecular weight excluding hydrogens is 240 g/mol. The zero-order valence-corrected chi connectivity index (χ0v) is 12.4. The lowest BCUT2D eigenvalue weighted by Crippen LogP contribution is -2.52. The molecule has 0 amide bonds. The number of hydrogen-bond donors (Lipinski definition) is 0. The van der Waals surface area contributed by atoms with E-state index in [-0.39, 0.29) is 11.6 Å². The van der Waals surface area contributed by atoms with Crippen LogP contribution in [-0.4, -0.2) is 11.6 Å². The zero-order chi connectivity index (χ0) is 13.7. The molecule has 4 aliphatic carbocycles. The van der Waals surface area contributed by atoms with Crippen molar-refractivity contribution in [2.45, 2.75) is 71.3 Å². The monoisotopic (exact) mass is 266 g/mol. The fourth-order valence-electron chi connectivity index (χ4n) is 4.52. The second kappa shape index (κ2) is 4.47. The van der Waals surface area contributed by atoms with Gasteiger partial charge in [0.15, 0.2) is 0 Å². The van der Waals surface area contributed by atoms with Gasteiger partial charge < -0.3 is 0 Å². The van der Waals surface area contributed by atoms with Crippen molar-refractivity contribution < 1.29 is 14.6 Å². The van der Waals surface area contributed by atoms with E-state index in [1.807, 2.05) is 20.8 Å². The molecule has 4 bridgehead atoms. The largest absolute Gasteiger partial charge is 0.347 e. The highest BCUT2D eigenvalue weighted by Gasteiger charge is 2.53. The van der Waals surface area contributed by atoms with Crippen LogP contribution in [0.2, 0.25) is 0 Å². The maximum atomic E-state index is 12.0. The summed E-state index contributed by atoms with van der Waals surface area (Å²) in [6.07, 6.45) is 8.18. The lowest BCUT2D eigenvalue weighted by atomic mass is 9.54. The number of rotatable bonds is 4. The van der Waals surface area contributed by atoms with Crippen LogP contribution in [0.25, 0.3) is 0 Å². The minimum Gasteiger partial charge on any atom is -0.297 e. The molecule has 4 saturated carbocycles. The average molecular weight is 266 g/mol. The van der Waals surface area contributed by atoms with Gasteiger partial charge in [0.25, 0.3) is 0 Å². The standard InChI is InChI=1S/C16H26O3/c1-4-15(2,3)14(17)18-19-16-8-11-5-12(9-16)7-13(6-11)10-16/h11-13H,4-10H2,1-3H3. The summed E-state index contributed by atoms with van der Waals surface area (Å²) in [5, 5.41) is 0. The molecule has 0 unspecified atom stereocenters. The summed E-state index contributed by atoms with van der Waals surface area (Å²) < 4.78 is 0. The predicted molar refractivity (Wildman–Crippen MR) is 72.2 cm³/mol. The van der Waals surface area contributed by atoms with Gasteiger partial charge in [-0.05, 0) is 76.5 Å². The summed E-state index contributed by atoms with van der Waals surface area (Å²) in [5.41, 5.74) is -0.587. The van der Waals surface area contributed by atoms with Crippen molar-refractivity contribution in [2.75, 3.05) is 0 Å². The molecule has 0 atom stereocenters. The molecule has 4 fully saturated rings. The Labute approximate surface area is 116 Å². The molecule has 0 aliphatic heterocycles. The number of hydrogen-bond acceptors (Lipinski definition) is 3. The van der Waals surface area contributed by atoms with Gasteiger partial charge in [-0.25, -0.2) is 4.79 Å². The normalized spacial score (nSPS) is 40.5. The Hall–Kier alpha value is -0.570. The second-order valence-electron chi connectivity index (χ2n) is 7.79. The van der Waals surface area contributed by atoms with Gasteiger partial charge in [0, 0.05) is 0 Å². The molecule has 3 nitrogen and oxygen atoms in total. The minimum atomic E-state index is -0.442. The zero-order valence-electron chi connectivity index (χ0n) is 12.4. The van der Waals surface area contributed by atoms with E-state index in [9.17, 15) is 4.79 Å². The molecule has 0 aromatic heterocycles. The Bertz CT molecular complexity index is 337. The van der Waals surface area contributed by atoms with Crippen LogP contribution in [0.1, 0.15) is 65.7 Å². The van der Waals surface area contributed by atoms with Crippen molar-refractivity contribution >= 4 is 5.97 Å². The van der Waals surface area contributed by atoms with Crippen molar-refractivity contribution in [2.24, 2.45) is 23.2 Å². The highest BCUT2D eigenvalue weighted by molar-refractivity contribution is 5.75. The Morgan fingerprint density at radius 2 is 1.58 bits per heavy atom. The Kier molecular flexibility index (Phi) is 3.16. The Morgan fingerprint density at radius 1 is 1.11 bits per heavy atom. The molecular formula is C16H26O3. The SMILES string of the molecule is CCC(C)(C)C(=O)OOC12CC3CC(CC(C3)C1)C2. The van der Waals surface area contributed by atoms with Crippen molar-refractivity contribution in [3.8, 4) is 0 Å². The fourth-order valence-corrected chi connectivity index (χ4v) is 4.52. The molecule has 0 saturated heterocycles. The molecule has 0 aromatic carbocycles. The van der Waals surface area contributed by atoms with Crippen LogP contribution in [0.3, 0.4) is 0 Å². The van der Waals surface area contributed by atoms with Gasteiger partial charge in [-0.15, -0.1) is 0 Å². The topological polar surface area (TPSA) is 35.5 Å². The number of carbonyl (C=O) groups excluding carboxylic acids is 1. The van der Waals surface area contributed by atoms with Crippen LogP contribution in [0.15, 0.2) is 0 Å². The smallest absolute Gasteiger partial charge is 0.297 e. The quantitative estimate of drug-likeness (QED) is 0.572. The van der Waals surface area contributed by atoms with E-state index in [4.69, 9.17) is 9.78 Å². The van der Waals surface area contributed by atoms with Gasteiger partial charge in [-0.1, -0.05) is 6.92 Å². The van der Waals surface area contributed by atoms with E-state index < -0.39 is 5.41 Å². The van der Waals surface area contributed by atoms with E-state index in [2.05, 4.69) is 0 Å². The average Bonchev–Trinajstić information content (AvgIpc) is 2.34. The molecule has 4 aliphatic rings. The highest BCUT2D eigenvalue weighted by Crippen LogP contribution is 2.57. The Balaban J connectivity index is 1.62. The first kappa shape index (κ1) is 13.4. The summed E-state index contributed by atoms with van der Waals surface area (Å²) in [6.45, 7) is 5.84. The summed E-state index contributed by atoms with van der Waals surface area (Å²) in [6, 6.07) is 0. The molecule has 19 heavy (non-hydrogen) atoms. The molecule has 3 heteroatoms. The molecule has 0 aromatic rings. The molecule has 0 N–H and O–H groups in total. The fraction of sp³-hybridized carbons (Fsp3) is 0.938. The van der Waals surface area contributed by atoms with Gasteiger partial charge in [0.1, 0.15) is 5.60 Å². The molecule has 108 valence electrons. The van der Waals surface area contributed by atoms with Gasteiger partial charge in [-0.3, -0.25) is 4.89 Å². The second-order valence-corrected chi connectivity index (χ2v) is 7.79. The summed E-state index contributed by atoms with van der Waals surface area (Å²) >= 11 is 0. The maximum absolute atomic E-state index is 12.0. The summed E-state index contributed by atoms with van der Waals surface area (Å²) in [7, 11) is 0. The third kappa shape index (κ3) is 2.42. The van der Waals surface area contributed by atoms with Gasteiger partial charge in [-0.2, -0.15) is 4.89 Å². The highest BCUT2D eigenvalue weighted by atomic mass is 17.2. The van der Waals surface area contributed by atoms with Crippen LogP contribution in [-0.2, 0) is 14.6 Å². The summed E-state index contributed by atoms with van der Waals surface area (Å²) in [4.78, 5) is 23.0. The van der Waals surface area contributed by atoms with Crippen LogP contribution in [0, 0.1) is 23.2 Å². The van der Waals surface area contributed by atoms with Crippen LogP contribution >= 0.6 is 0 Å². The van der Waals surface area contributed by atoms with Crippen LogP contribution in [0.4, 0.5) is 0 Å². The van der Waals surface area contributed by atoms with E-state index in [1.165, 1.54) is 19.3 Å². The van der Waals surface area contributed by atoms with Gasteiger partial charge in [0.2, 0.25) is 0 Å². The first-order valence-electron chi connectivity index (χ1n) is 7.82. The number of carbonyl (C=O) groups is 1. The van der Waals surface area contributed by atoms with Crippen LogP contribution in [0.5, 0.6) is 0 Å². The maximum Gasteiger partial charge on any atom is 0.347 e. The van der Waals surface area contributed by atoms with Crippen molar-refractivity contribution in [1.29, 1.82) is 0 Å². The minimum absolute atomic E-state index is 0.145. The van der Waals surface area contributed by atoms with Gasteiger partial charge >= 0.3 is 5.97 Å². The molecule has 0 heterocycles. The van der Waals surface area contributed by atoms with Gasteiger partial charge in [0.05, 0.1) is 5.41 Å². The van der Waals surface area contributed by atoms with E-state index in [0.717, 1.165) is 43.4 Å². The third-order valence-electron chi connectivity index (χ3n) is 5.71. The molecule has 0 spiro atoms. The predicted octanol–water partition coefficient (Wildman–Crippen LogP) is 3.87. The summed E-state index contributed by atoms with van der Waals surface area (Å²) in [5.74, 6) is 2.21. The van der Waals surface area contributed by atoms with Crippen LogP contribution < -0.4 is 0 Å². The van der Waals surface area contributed by atoms with Crippen molar-refractivity contribution in [3.05, 3.63) is 0 Å². The molecule has 0 radical (unpaired) electrons. The lowest BCUT2D eigenvalue weighted by molar-refractivity contribution is -0.364. The van der Waals surface area contributed by atoms with E-state index >= 15 is 0 Å². The van der Waals surface area contributed by atoms with Crippen molar-refractivity contribution in [3.63, 3.8) is 0 Å². The third-order valence-corrected chi connectivity index (χ3v) is 5.71. The first-order chi connectivity index (χ1) is 8.92. The molecule has 4 rings (SSSR count).